The van der Waals surface area contributed by atoms with E-state index in [1.807, 2.05) is 9.62 Å². The smallest absolute Gasteiger partial charge is 0.265 e. The third-order valence-electron chi connectivity index (χ3n) is 6.28. The van der Waals surface area contributed by atoms with Crippen molar-refractivity contribution in [1.82, 2.24) is 19.3 Å². The number of benzene rings is 2. The lowest BCUT2D eigenvalue weighted by Crippen LogP contribution is -2.48. The summed E-state index contributed by atoms with van der Waals surface area (Å²) in [5, 5.41) is 0.492. The molecule has 0 radical (unpaired) electrons. The molecule has 0 saturated carbocycles. The highest BCUT2D eigenvalue weighted by Crippen LogP contribution is 2.42. The van der Waals surface area contributed by atoms with Crippen LogP contribution in [-0.4, -0.2) is 68.5 Å². The molecule has 0 unspecified atom stereocenters. The second-order valence-electron chi connectivity index (χ2n) is 9.16. The molecule has 10 nitrogen and oxygen atoms in total. The Bertz CT molecular complexity index is 1840. The van der Waals surface area contributed by atoms with Gasteiger partial charge in [-0.05, 0) is 43.3 Å². The molecule has 0 bridgehead atoms. The van der Waals surface area contributed by atoms with E-state index in [0.717, 1.165) is 18.4 Å². The van der Waals surface area contributed by atoms with Crippen molar-refractivity contribution in [1.29, 1.82) is 0 Å². The maximum atomic E-state index is 15.9. The first-order chi connectivity index (χ1) is 19.3. The van der Waals surface area contributed by atoms with E-state index in [4.69, 9.17) is 0 Å². The van der Waals surface area contributed by atoms with Crippen LogP contribution < -0.4 is 9.62 Å². The Balaban J connectivity index is 1.56. The van der Waals surface area contributed by atoms with Gasteiger partial charge in [0.1, 0.15) is 22.4 Å². The molecule has 1 fully saturated rings. The zero-order valence-corrected chi connectivity index (χ0v) is 24.1. The molecule has 216 valence electrons. The van der Waals surface area contributed by atoms with E-state index in [1.54, 1.807) is 19.2 Å². The lowest BCUT2D eigenvalue weighted by Gasteiger charge is -2.32. The second kappa shape index (κ2) is 11.0. The van der Waals surface area contributed by atoms with Crippen molar-refractivity contribution in [3.8, 4) is 21.8 Å². The van der Waals surface area contributed by atoms with Gasteiger partial charge in [0.05, 0.1) is 28.2 Å². The first-order valence-electron chi connectivity index (χ1n) is 12.1. The minimum atomic E-state index is -4.69. The quantitative estimate of drug-likeness (QED) is 0.329. The highest BCUT2D eigenvalue weighted by atomic mass is 32.2. The number of aryl methyl sites for hydroxylation is 1. The first-order valence-corrected chi connectivity index (χ1v) is 16.3. The predicted octanol–water partition coefficient (Wildman–Crippen LogP) is 3.88. The molecule has 16 heteroatoms. The molecular formula is C25H23F3N6O4S3. The van der Waals surface area contributed by atoms with Crippen molar-refractivity contribution in [2.75, 3.05) is 42.1 Å². The minimum Gasteiger partial charge on any atom is -0.345 e. The van der Waals surface area contributed by atoms with Crippen molar-refractivity contribution < 1.29 is 30.0 Å². The van der Waals surface area contributed by atoms with Crippen LogP contribution in [0.15, 0.2) is 53.6 Å². The van der Waals surface area contributed by atoms with Crippen molar-refractivity contribution >= 4 is 42.2 Å². The molecule has 0 spiro atoms. The second-order valence-corrected chi connectivity index (χ2v) is 13.8. The third kappa shape index (κ3) is 6.05. The van der Waals surface area contributed by atoms with Crippen LogP contribution >= 0.6 is 11.3 Å². The maximum absolute atomic E-state index is 15.9. The van der Waals surface area contributed by atoms with Crippen molar-refractivity contribution in [2.24, 2.45) is 0 Å². The number of rotatable bonds is 7. The molecule has 41 heavy (non-hydrogen) atoms. The Hall–Kier alpha value is -3.60. The molecule has 0 atom stereocenters. The molecule has 2 aromatic heterocycles. The number of hydrogen-bond donors (Lipinski definition) is 1. The van der Waals surface area contributed by atoms with E-state index >= 15 is 4.39 Å². The number of halogens is 3. The molecule has 5 rings (SSSR count). The van der Waals surface area contributed by atoms with E-state index in [9.17, 15) is 25.6 Å². The largest absolute Gasteiger partial charge is 0.345 e. The first kappa shape index (κ1) is 28.9. The summed E-state index contributed by atoms with van der Waals surface area (Å²) in [7, 11) is -8.04. The number of aromatic nitrogens is 3. The number of thiazole rings is 1. The topological polar surface area (TPSA) is 125 Å². The fraction of sp³-hybridized carbons (Fsp3) is 0.240. The zero-order chi connectivity index (χ0) is 29.5. The Morgan fingerprint density at radius 2 is 1.68 bits per heavy atom. The predicted molar refractivity (Wildman–Crippen MR) is 149 cm³/mol. The molecule has 4 aromatic rings. The Kier molecular flexibility index (Phi) is 7.76. The van der Waals surface area contributed by atoms with Crippen LogP contribution in [0.4, 0.5) is 24.0 Å². The molecule has 2 aromatic carbocycles. The van der Waals surface area contributed by atoms with Gasteiger partial charge in [0, 0.05) is 37.9 Å². The normalized spacial score (nSPS) is 14.8. The SMILES string of the molecule is Cc1nccc(-c2sc(N3CCN(S(C)(=O)=O)CC3)nc2-c2cccc(NS(=O)(=O)c3cc(F)ccc3F)c2F)n1. The van der Waals surface area contributed by atoms with Crippen LogP contribution in [0.3, 0.4) is 0 Å². The summed E-state index contributed by atoms with van der Waals surface area (Å²) in [6.07, 6.45) is 2.69. The Morgan fingerprint density at radius 3 is 2.37 bits per heavy atom. The van der Waals surface area contributed by atoms with E-state index < -0.39 is 48.1 Å². The van der Waals surface area contributed by atoms with Crippen LogP contribution in [0.25, 0.3) is 21.8 Å². The third-order valence-corrected chi connectivity index (χ3v) is 10.1. The summed E-state index contributed by atoms with van der Waals surface area (Å²) >= 11 is 1.22. The summed E-state index contributed by atoms with van der Waals surface area (Å²) in [4.78, 5) is 14.6. The molecule has 1 aliphatic rings. The van der Waals surface area contributed by atoms with Crippen LogP contribution in [-0.2, 0) is 20.0 Å². The average molecular weight is 625 g/mol. The van der Waals surface area contributed by atoms with Crippen LogP contribution in [0, 0.1) is 24.4 Å². The van der Waals surface area contributed by atoms with Gasteiger partial charge in [-0.3, -0.25) is 4.72 Å². The van der Waals surface area contributed by atoms with Crippen LogP contribution in [0.1, 0.15) is 5.82 Å². The van der Waals surface area contributed by atoms with Gasteiger partial charge in [-0.1, -0.05) is 17.4 Å². The highest BCUT2D eigenvalue weighted by molar-refractivity contribution is 7.92. The summed E-state index contributed by atoms with van der Waals surface area (Å²) in [5.74, 6) is -2.70. The fourth-order valence-corrected chi connectivity index (χ4v) is 7.35. The monoisotopic (exact) mass is 624 g/mol. The van der Waals surface area contributed by atoms with Gasteiger partial charge in [-0.2, -0.15) is 4.31 Å². The van der Waals surface area contributed by atoms with Gasteiger partial charge in [0.25, 0.3) is 10.0 Å². The molecule has 3 heterocycles. The summed E-state index contributed by atoms with van der Waals surface area (Å²) in [5.41, 5.74) is 0.0723. The maximum Gasteiger partial charge on any atom is 0.265 e. The fourth-order valence-electron chi connectivity index (χ4n) is 4.27. The number of sulfonamides is 2. The van der Waals surface area contributed by atoms with Gasteiger partial charge in [0.15, 0.2) is 10.9 Å². The van der Waals surface area contributed by atoms with E-state index in [2.05, 4.69) is 15.0 Å². The number of nitrogens with one attached hydrogen (secondary N) is 1. The molecule has 1 N–H and O–H groups in total. The molecule has 0 amide bonds. The summed E-state index contributed by atoms with van der Waals surface area (Å²) in [6.45, 7) is 2.89. The number of nitrogens with zero attached hydrogens (tertiary/aromatic N) is 5. The molecule has 0 aliphatic carbocycles. The van der Waals surface area contributed by atoms with Crippen LogP contribution in [0.2, 0.25) is 0 Å². The number of piperazine rings is 1. The van der Waals surface area contributed by atoms with Crippen molar-refractivity contribution in [3.63, 3.8) is 0 Å². The number of anilines is 2. The van der Waals surface area contributed by atoms with Gasteiger partial charge < -0.3 is 4.90 Å². The summed E-state index contributed by atoms with van der Waals surface area (Å²) in [6, 6.07) is 7.54. The van der Waals surface area contributed by atoms with Crippen molar-refractivity contribution in [2.45, 2.75) is 11.8 Å². The zero-order valence-electron chi connectivity index (χ0n) is 21.7. The standard InChI is InChI=1S/C25H23F3N6O4S3/c1-15-29-9-8-20(30-15)24-23(31-25(39-24)33-10-12-34(13-11-33)40(2,35)36)17-4-3-5-19(22(17)28)32-41(37,38)21-14-16(26)6-7-18(21)27/h3-9,14,32H,10-13H2,1-2H3. The Labute approximate surface area is 238 Å². The van der Waals surface area contributed by atoms with Crippen LogP contribution in [0.5, 0.6) is 0 Å². The average Bonchev–Trinajstić information content (AvgIpc) is 3.36. The van der Waals surface area contributed by atoms with E-state index in [0.29, 0.717) is 46.7 Å². The van der Waals surface area contributed by atoms with E-state index in [-0.39, 0.29) is 24.3 Å². The number of hydrogen-bond acceptors (Lipinski definition) is 9. The summed E-state index contributed by atoms with van der Waals surface area (Å²) < 4.78 is 96.7. The van der Waals surface area contributed by atoms with Crippen molar-refractivity contribution in [3.05, 3.63) is 71.9 Å². The molecule has 1 saturated heterocycles. The lowest BCUT2D eigenvalue weighted by molar-refractivity contribution is 0.388. The Morgan fingerprint density at radius 1 is 0.951 bits per heavy atom. The van der Waals surface area contributed by atoms with Gasteiger partial charge >= 0.3 is 0 Å². The molecular weight excluding hydrogens is 602 g/mol. The van der Waals surface area contributed by atoms with Gasteiger partial charge in [-0.25, -0.2) is 45.0 Å². The minimum absolute atomic E-state index is 0.0616. The van der Waals surface area contributed by atoms with Gasteiger partial charge in [-0.15, -0.1) is 0 Å². The van der Waals surface area contributed by atoms with Gasteiger partial charge in [0.2, 0.25) is 10.0 Å². The molecule has 1 aliphatic heterocycles. The lowest BCUT2D eigenvalue weighted by atomic mass is 10.1. The van der Waals surface area contributed by atoms with E-state index in [1.165, 1.54) is 27.8 Å². The highest BCUT2D eigenvalue weighted by Gasteiger charge is 2.29.